The number of halogens is 2. The maximum Gasteiger partial charge on any atom is 0.244 e. The second-order valence-corrected chi connectivity index (χ2v) is 7.53. The first kappa shape index (κ1) is 15.9. The molecule has 8 heteroatoms. The van der Waals surface area contributed by atoms with Gasteiger partial charge in [0.1, 0.15) is 4.90 Å². The minimum Gasteiger partial charge on any atom is -0.399 e. The number of nitrogens with one attached hydrogen (secondary N) is 1. The zero-order valence-corrected chi connectivity index (χ0v) is 13.3. The van der Waals surface area contributed by atoms with Crippen molar-refractivity contribution < 1.29 is 13.2 Å². The molecule has 1 fully saturated rings. The summed E-state index contributed by atoms with van der Waals surface area (Å²) < 4.78 is 32.9. The van der Waals surface area contributed by atoms with Crippen molar-refractivity contribution in [1.29, 1.82) is 0 Å². The molecular formula is C12H16Cl2N2O3S. The van der Waals surface area contributed by atoms with E-state index in [1.165, 1.54) is 12.1 Å². The fourth-order valence-electron chi connectivity index (χ4n) is 2.14. The Morgan fingerprint density at radius 1 is 1.25 bits per heavy atom. The minimum atomic E-state index is -3.82. The number of hydrogen-bond donors (Lipinski definition) is 2. The number of rotatable bonds is 3. The number of anilines is 1. The maximum absolute atomic E-state index is 12.5. The molecule has 2 rings (SSSR count). The molecule has 1 aliphatic rings. The predicted molar refractivity (Wildman–Crippen MR) is 79.7 cm³/mol. The molecule has 0 radical (unpaired) electrons. The van der Waals surface area contributed by atoms with Crippen molar-refractivity contribution in [3.63, 3.8) is 0 Å². The van der Waals surface area contributed by atoms with Gasteiger partial charge in [0.05, 0.1) is 10.0 Å². The SMILES string of the molecule is CC1(NS(=O)(=O)c2c(Cl)cc(N)cc2Cl)CCOCC1. The van der Waals surface area contributed by atoms with Gasteiger partial charge in [-0.15, -0.1) is 0 Å². The van der Waals surface area contributed by atoms with Crippen LogP contribution in [-0.4, -0.2) is 27.2 Å². The fourth-order valence-corrected chi connectivity index (χ4v) is 4.84. The Morgan fingerprint density at radius 2 is 1.75 bits per heavy atom. The summed E-state index contributed by atoms with van der Waals surface area (Å²) in [4.78, 5) is -0.136. The van der Waals surface area contributed by atoms with Crippen LogP contribution < -0.4 is 10.5 Å². The van der Waals surface area contributed by atoms with E-state index in [-0.39, 0.29) is 14.9 Å². The quantitative estimate of drug-likeness (QED) is 0.829. The van der Waals surface area contributed by atoms with Crippen molar-refractivity contribution in [3.8, 4) is 0 Å². The van der Waals surface area contributed by atoms with E-state index in [1.807, 2.05) is 6.92 Å². The number of ether oxygens (including phenoxy) is 1. The average molecular weight is 339 g/mol. The molecule has 0 aliphatic carbocycles. The number of hydrogen-bond acceptors (Lipinski definition) is 4. The summed E-state index contributed by atoms with van der Waals surface area (Å²) in [6.45, 7) is 2.87. The summed E-state index contributed by atoms with van der Waals surface area (Å²) in [7, 11) is -3.82. The van der Waals surface area contributed by atoms with Gasteiger partial charge in [-0.05, 0) is 31.9 Å². The van der Waals surface area contributed by atoms with Crippen molar-refractivity contribution in [2.75, 3.05) is 18.9 Å². The zero-order chi connectivity index (χ0) is 15.0. The highest BCUT2D eigenvalue weighted by molar-refractivity contribution is 7.89. The van der Waals surface area contributed by atoms with Gasteiger partial charge >= 0.3 is 0 Å². The zero-order valence-electron chi connectivity index (χ0n) is 10.9. The minimum absolute atomic E-state index is 0.0122. The van der Waals surface area contributed by atoms with Crippen molar-refractivity contribution in [2.24, 2.45) is 0 Å². The van der Waals surface area contributed by atoms with Gasteiger partial charge < -0.3 is 10.5 Å². The summed E-state index contributed by atoms with van der Waals surface area (Å²) >= 11 is 11.9. The molecule has 0 saturated carbocycles. The Hall–Kier alpha value is -0.530. The molecule has 1 aliphatic heterocycles. The van der Waals surface area contributed by atoms with Gasteiger partial charge in [0, 0.05) is 24.4 Å². The van der Waals surface area contributed by atoms with E-state index >= 15 is 0 Å². The van der Waals surface area contributed by atoms with E-state index in [0.29, 0.717) is 31.7 Å². The fraction of sp³-hybridized carbons (Fsp3) is 0.500. The van der Waals surface area contributed by atoms with Crippen molar-refractivity contribution >= 4 is 38.9 Å². The number of benzene rings is 1. The molecule has 1 aromatic rings. The number of sulfonamides is 1. The largest absolute Gasteiger partial charge is 0.399 e. The Labute approximate surface area is 128 Å². The highest BCUT2D eigenvalue weighted by atomic mass is 35.5. The third kappa shape index (κ3) is 3.38. The topological polar surface area (TPSA) is 81.4 Å². The van der Waals surface area contributed by atoms with Gasteiger partial charge in [0.15, 0.2) is 0 Å². The first-order valence-corrected chi connectivity index (χ1v) is 8.34. The molecule has 3 N–H and O–H groups in total. The van der Waals surface area contributed by atoms with Crippen LogP contribution in [0.25, 0.3) is 0 Å². The lowest BCUT2D eigenvalue weighted by molar-refractivity contribution is 0.0537. The normalized spacial score (nSPS) is 18.9. The van der Waals surface area contributed by atoms with Crippen LogP contribution in [-0.2, 0) is 14.8 Å². The molecule has 0 aromatic heterocycles. The van der Waals surface area contributed by atoms with Crippen LogP contribution in [0.15, 0.2) is 17.0 Å². The van der Waals surface area contributed by atoms with Gasteiger partial charge in [-0.2, -0.15) is 0 Å². The van der Waals surface area contributed by atoms with Crippen molar-refractivity contribution in [3.05, 3.63) is 22.2 Å². The molecule has 0 unspecified atom stereocenters. The summed E-state index contributed by atoms with van der Waals surface area (Å²) in [5, 5.41) is 0.0244. The molecule has 1 heterocycles. The Morgan fingerprint density at radius 3 is 2.25 bits per heavy atom. The van der Waals surface area contributed by atoms with Gasteiger partial charge in [0.2, 0.25) is 10.0 Å². The average Bonchev–Trinajstić information content (AvgIpc) is 2.25. The van der Waals surface area contributed by atoms with Gasteiger partial charge in [-0.25, -0.2) is 13.1 Å². The standard InChI is InChI=1S/C12H16Cl2N2O3S/c1-12(2-4-19-5-3-12)16-20(17,18)11-9(13)6-8(15)7-10(11)14/h6-7,16H,2-5,15H2,1H3. The molecule has 0 amide bonds. The Bertz CT molecular complexity index is 590. The van der Waals surface area contributed by atoms with E-state index in [1.54, 1.807) is 0 Å². The molecular weight excluding hydrogens is 323 g/mol. The lowest BCUT2D eigenvalue weighted by Gasteiger charge is -2.34. The summed E-state index contributed by atoms with van der Waals surface area (Å²) in [5.41, 5.74) is 5.33. The molecule has 20 heavy (non-hydrogen) atoms. The van der Waals surface area contributed by atoms with Crippen LogP contribution in [0.4, 0.5) is 5.69 Å². The van der Waals surface area contributed by atoms with E-state index in [9.17, 15) is 8.42 Å². The Kier molecular flexibility index (Phi) is 4.51. The second kappa shape index (κ2) is 5.69. The van der Waals surface area contributed by atoms with Crippen LogP contribution in [0.3, 0.4) is 0 Å². The second-order valence-electron chi connectivity index (χ2n) is 5.09. The number of nitrogens with two attached hydrogens (primary N) is 1. The molecule has 112 valence electrons. The van der Waals surface area contributed by atoms with E-state index < -0.39 is 15.6 Å². The third-order valence-electron chi connectivity index (χ3n) is 3.27. The Balaban J connectivity index is 2.36. The molecule has 0 spiro atoms. The van der Waals surface area contributed by atoms with Gasteiger partial charge in [0.25, 0.3) is 0 Å². The lowest BCUT2D eigenvalue weighted by atomic mass is 9.94. The summed E-state index contributed by atoms with van der Waals surface area (Å²) in [6, 6.07) is 2.74. The summed E-state index contributed by atoms with van der Waals surface area (Å²) in [5.74, 6) is 0. The maximum atomic E-state index is 12.5. The van der Waals surface area contributed by atoms with Gasteiger partial charge in [-0.1, -0.05) is 23.2 Å². The first-order valence-electron chi connectivity index (χ1n) is 6.10. The van der Waals surface area contributed by atoms with Crippen LogP contribution in [0.5, 0.6) is 0 Å². The molecule has 5 nitrogen and oxygen atoms in total. The van der Waals surface area contributed by atoms with Crippen LogP contribution in [0.2, 0.25) is 10.0 Å². The van der Waals surface area contributed by atoms with Gasteiger partial charge in [-0.3, -0.25) is 0 Å². The van der Waals surface area contributed by atoms with Crippen LogP contribution in [0, 0.1) is 0 Å². The molecule has 1 aromatic carbocycles. The molecule has 0 bridgehead atoms. The highest BCUT2D eigenvalue weighted by Gasteiger charge is 2.34. The van der Waals surface area contributed by atoms with E-state index in [2.05, 4.69) is 4.72 Å². The van der Waals surface area contributed by atoms with Crippen LogP contribution >= 0.6 is 23.2 Å². The predicted octanol–water partition coefficient (Wildman–Crippen LogP) is 2.42. The number of nitrogen functional groups attached to an aromatic ring is 1. The monoisotopic (exact) mass is 338 g/mol. The first-order chi connectivity index (χ1) is 9.23. The smallest absolute Gasteiger partial charge is 0.244 e. The van der Waals surface area contributed by atoms with E-state index in [0.717, 1.165) is 0 Å². The highest BCUT2D eigenvalue weighted by Crippen LogP contribution is 2.33. The van der Waals surface area contributed by atoms with Crippen molar-refractivity contribution in [2.45, 2.75) is 30.2 Å². The van der Waals surface area contributed by atoms with E-state index in [4.69, 9.17) is 33.7 Å². The van der Waals surface area contributed by atoms with Crippen LogP contribution in [0.1, 0.15) is 19.8 Å². The lowest BCUT2D eigenvalue weighted by Crippen LogP contribution is -2.49. The molecule has 0 atom stereocenters. The third-order valence-corrected chi connectivity index (χ3v) is 5.83. The van der Waals surface area contributed by atoms with Crippen molar-refractivity contribution in [1.82, 2.24) is 4.72 Å². The summed E-state index contributed by atoms with van der Waals surface area (Å²) in [6.07, 6.45) is 1.19. The molecule has 1 saturated heterocycles.